The van der Waals surface area contributed by atoms with Crippen molar-refractivity contribution >= 4 is 22.2 Å². The minimum absolute atomic E-state index is 0.260. The van der Waals surface area contributed by atoms with Crippen LogP contribution in [0.25, 0.3) is 0 Å². The number of methoxy groups -OCH3 is 2. The highest BCUT2D eigenvalue weighted by Gasteiger charge is 2.25. The topological polar surface area (TPSA) is 71.3 Å². The standard InChI is InChI=1S/C19H20N2O3S/c1-11-4-6-13-14(10-20)19(25-17(13)8-11)21-18(22)12-5-7-15(23-2)16(9-12)24-3/h5,7,9,11H,4,6,8H2,1-3H3,(H,21,22). The van der Waals surface area contributed by atoms with Crippen LogP contribution in [-0.4, -0.2) is 20.1 Å². The first-order chi connectivity index (χ1) is 12.1. The van der Waals surface area contributed by atoms with Gasteiger partial charge >= 0.3 is 0 Å². The van der Waals surface area contributed by atoms with Crippen LogP contribution in [0, 0.1) is 17.2 Å². The van der Waals surface area contributed by atoms with Gasteiger partial charge in [0.1, 0.15) is 11.1 Å². The van der Waals surface area contributed by atoms with E-state index in [4.69, 9.17) is 9.47 Å². The predicted molar refractivity (Wildman–Crippen MR) is 97.7 cm³/mol. The minimum atomic E-state index is -0.260. The van der Waals surface area contributed by atoms with Gasteiger partial charge in [-0.1, -0.05) is 6.92 Å². The monoisotopic (exact) mass is 356 g/mol. The molecule has 130 valence electrons. The van der Waals surface area contributed by atoms with Crippen LogP contribution in [0.2, 0.25) is 0 Å². The zero-order valence-corrected chi connectivity index (χ0v) is 15.3. The maximum Gasteiger partial charge on any atom is 0.256 e. The van der Waals surface area contributed by atoms with Crippen molar-refractivity contribution in [2.24, 2.45) is 5.92 Å². The lowest BCUT2D eigenvalue weighted by atomic mass is 9.88. The second kappa shape index (κ2) is 7.16. The van der Waals surface area contributed by atoms with Crippen LogP contribution in [0.5, 0.6) is 11.5 Å². The van der Waals surface area contributed by atoms with Gasteiger partial charge in [-0.25, -0.2) is 0 Å². The smallest absolute Gasteiger partial charge is 0.256 e. The fraction of sp³-hybridized carbons (Fsp3) is 0.368. The Hall–Kier alpha value is -2.52. The second-order valence-corrected chi connectivity index (χ2v) is 7.30. The maximum absolute atomic E-state index is 12.6. The molecule has 1 aliphatic carbocycles. The molecular formula is C19H20N2O3S. The Morgan fingerprint density at radius 2 is 2.08 bits per heavy atom. The highest BCUT2D eigenvalue weighted by atomic mass is 32.1. The molecule has 0 saturated heterocycles. The van der Waals surface area contributed by atoms with Gasteiger partial charge < -0.3 is 14.8 Å². The van der Waals surface area contributed by atoms with E-state index in [0.717, 1.165) is 24.8 Å². The van der Waals surface area contributed by atoms with E-state index >= 15 is 0 Å². The van der Waals surface area contributed by atoms with Gasteiger partial charge in [-0.05, 0) is 48.9 Å². The molecular weight excluding hydrogens is 336 g/mol. The van der Waals surface area contributed by atoms with Crippen molar-refractivity contribution in [2.45, 2.75) is 26.2 Å². The molecule has 3 rings (SSSR count). The Morgan fingerprint density at radius 3 is 2.76 bits per heavy atom. The highest BCUT2D eigenvalue weighted by molar-refractivity contribution is 7.16. The molecule has 0 fully saturated rings. The molecule has 0 aliphatic heterocycles. The summed E-state index contributed by atoms with van der Waals surface area (Å²) in [5, 5.41) is 13.1. The first kappa shape index (κ1) is 17.3. The molecule has 1 unspecified atom stereocenters. The number of rotatable bonds is 4. The summed E-state index contributed by atoms with van der Waals surface area (Å²) in [4.78, 5) is 13.8. The molecule has 1 aliphatic rings. The number of carbonyl (C=O) groups excluding carboxylic acids is 1. The summed E-state index contributed by atoms with van der Waals surface area (Å²) in [7, 11) is 3.08. The lowest BCUT2D eigenvalue weighted by Gasteiger charge is -2.17. The van der Waals surface area contributed by atoms with Crippen molar-refractivity contribution in [1.29, 1.82) is 5.26 Å². The van der Waals surface area contributed by atoms with Gasteiger partial charge in [0.05, 0.1) is 19.8 Å². The molecule has 5 nitrogen and oxygen atoms in total. The number of ether oxygens (including phenoxy) is 2. The van der Waals surface area contributed by atoms with E-state index in [1.54, 1.807) is 25.3 Å². The van der Waals surface area contributed by atoms with Crippen LogP contribution in [0.3, 0.4) is 0 Å². The van der Waals surface area contributed by atoms with Crippen LogP contribution in [-0.2, 0) is 12.8 Å². The summed E-state index contributed by atoms with van der Waals surface area (Å²) in [6.45, 7) is 2.22. The predicted octanol–water partition coefficient (Wildman–Crippen LogP) is 4.01. The Bertz CT molecular complexity index is 851. The first-order valence-electron chi connectivity index (χ1n) is 8.15. The lowest BCUT2D eigenvalue weighted by Crippen LogP contribution is -2.12. The first-order valence-corrected chi connectivity index (χ1v) is 8.97. The van der Waals surface area contributed by atoms with Gasteiger partial charge in [-0.3, -0.25) is 4.79 Å². The molecule has 0 saturated carbocycles. The number of nitrogens with one attached hydrogen (secondary N) is 1. The van der Waals surface area contributed by atoms with E-state index < -0.39 is 0 Å². The summed E-state index contributed by atoms with van der Waals surface area (Å²) < 4.78 is 10.4. The summed E-state index contributed by atoms with van der Waals surface area (Å²) >= 11 is 1.52. The molecule has 1 atom stereocenters. The quantitative estimate of drug-likeness (QED) is 0.898. The number of hydrogen-bond acceptors (Lipinski definition) is 5. The van der Waals surface area contributed by atoms with Gasteiger partial charge in [-0.15, -0.1) is 11.3 Å². The molecule has 0 bridgehead atoms. The fourth-order valence-corrected chi connectivity index (χ4v) is 4.47. The number of amides is 1. The third kappa shape index (κ3) is 3.33. The Kier molecular flexibility index (Phi) is 4.95. The number of fused-ring (bicyclic) bond motifs is 1. The number of carbonyl (C=O) groups is 1. The maximum atomic E-state index is 12.6. The largest absolute Gasteiger partial charge is 0.493 e. The number of hydrogen-bond donors (Lipinski definition) is 1. The van der Waals surface area contributed by atoms with Gasteiger partial charge in [0, 0.05) is 10.4 Å². The van der Waals surface area contributed by atoms with Crippen molar-refractivity contribution in [3.63, 3.8) is 0 Å². The fourth-order valence-electron chi connectivity index (χ4n) is 3.11. The average Bonchev–Trinajstić information content (AvgIpc) is 2.96. The lowest BCUT2D eigenvalue weighted by molar-refractivity contribution is 0.102. The molecule has 1 N–H and O–H groups in total. The Labute approximate surface area is 151 Å². The summed E-state index contributed by atoms with van der Waals surface area (Å²) in [5.74, 6) is 1.42. The molecule has 1 amide bonds. The third-order valence-corrected chi connectivity index (χ3v) is 5.67. The normalized spacial score (nSPS) is 15.8. The van der Waals surface area contributed by atoms with Gasteiger partial charge in [0.25, 0.3) is 5.91 Å². The molecule has 2 aromatic rings. The van der Waals surface area contributed by atoms with E-state index in [1.165, 1.54) is 23.3 Å². The zero-order chi connectivity index (χ0) is 18.0. The molecule has 6 heteroatoms. The minimum Gasteiger partial charge on any atom is -0.493 e. The van der Waals surface area contributed by atoms with Crippen LogP contribution in [0.4, 0.5) is 5.00 Å². The zero-order valence-electron chi connectivity index (χ0n) is 14.5. The van der Waals surface area contributed by atoms with E-state index in [2.05, 4.69) is 18.3 Å². The molecule has 0 spiro atoms. The van der Waals surface area contributed by atoms with E-state index in [-0.39, 0.29) is 5.91 Å². The third-order valence-electron chi connectivity index (χ3n) is 4.50. The van der Waals surface area contributed by atoms with Crippen LogP contribution in [0.1, 0.15) is 39.7 Å². The summed E-state index contributed by atoms with van der Waals surface area (Å²) in [5.41, 5.74) is 2.18. The summed E-state index contributed by atoms with van der Waals surface area (Å²) in [6, 6.07) is 7.28. The molecule has 0 radical (unpaired) electrons. The molecule has 1 aromatic carbocycles. The van der Waals surface area contributed by atoms with Crippen LogP contribution in [0.15, 0.2) is 18.2 Å². The van der Waals surface area contributed by atoms with Gasteiger partial charge in [0.15, 0.2) is 11.5 Å². The highest BCUT2D eigenvalue weighted by Crippen LogP contribution is 2.39. The van der Waals surface area contributed by atoms with Crippen molar-refractivity contribution in [1.82, 2.24) is 0 Å². The van der Waals surface area contributed by atoms with Crippen LogP contribution < -0.4 is 14.8 Å². The van der Waals surface area contributed by atoms with Crippen molar-refractivity contribution in [3.05, 3.63) is 39.8 Å². The number of anilines is 1. The Balaban J connectivity index is 1.88. The van der Waals surface area contributed by atoms with E-state index in [1.807, 2.05) is 0 Å². The molecule has 1 heterocycles. The van der Waals surface area contributed by atoms with Crippen molar-refractivity contribution < 1.29 is 14.3 Å². The number of benzene rings is 1. The average molecular weight is 356 g/mol. The van der Waals surface area contributed by atoms with Crippen LogP contribution >= 0.6 is 11.3 Å². The molecule has 25 heavy (non-hydrogen) atoms. The SMILES string of the molecule is COc1ccc(C(=O)Nc2sc3c(c2C#N)CCC(C)C3)cc1OC. The van der Waals surface area contributed by atoms with Gasteiger partial charge in [-0.2, -0.15) is 5.26 Å². The van der Waals surface area contributed by atoms with E-state index in [0.29, 0.717) is 33.5 Å². The number of nitriles is 1. The molecule has 1 aromatic heterocycles. The van der Waals surface area contributed by atoms with Gasteiger partial charge in [0.2, 0.25) is 0 Å². The number of nitrogens with zero attached hydrogens (tertiary/aromatic N) is 1. The Morgan fingerprint density at radius 1 is 1.32 bits per heavy atom. The van der Waals surface area contributed by atoms with Crippen molar-refractivity contribution in [3.8, 4) is 17.6 Å². The second-order valence-electron chi connectivity index (χ2n) is 6.19. The van der Waals surface area contributed by atoms with E-state index in [9.17, 15) is 10.1 Å². The summed E-state index contributed by atoms with van der Waals surface area (Å²) in [6.07, 6.45) is 2.96. The van der Waals surface area contributed by atoms with Crippen molar-refractivity contribution in [2.75, 3.05) is 19.5 Å². The number of thiophene rings is 1.